The lowest BCUT2D eigenvalue weighted by Gasteiger charge is -2.14. The standard InChI is InChI=1S/C13H19NO/c1-3-6-11(2)7-4-8-12-9-5-10-14-13(12)15/h3,6,8H,2,4-5,7,9-10H2,1H3,(H,14,15)/b6-3-,12-8?. The molecule has 2 heteroatoms. The molecule has 1 aliphatic heterocycles. The molecule has 1 aliphatic rings. The highest BCUT2D eigenvalue weighted by atomic mass is 16.1. The maximum atomic E-state index is 11.4. The first-order valence-corrected chi connectivity index (χ1v) is 5.51. The van der Waals surface area contributed by atoms with Crippen LogP contribution in [0.2, 0.25) is 0 Å². The van der Waals surface area contributed by atoms with Crippen molar-refractivity contribution in [2.45, 2.75) is 32.6 Å². The highest BCUT2D eigenvalue weighted by molar-refractivity contribution is 5.93. The summed E-state index contributed by atoms with van der Waals surface area (Å²) in [6.07, 6.45) is 9.87. The number of rotatable bonds is 4. The first-order valence-electron chi connectivity index (χ1n) is 5.51. The molecule has 82 valence electrons. The van der Waals surface area contributed by atoms with Crippen molar-refractivity contribution in [3.63, 3.8) is 0 Å². The molecule has 15 heavy (non-hydrogen) atoms. The highest BCUT2D eigenvalue weighted by Gasteiger charge is 2.12. The zero-order valence-corrected chi connectivity index (χ0v) is 9.38. The fourth-order valence-corrected chi connectivity index (χ4v) is 1.65. The molecule has 0 atom stereocenters. The Morgan fingerprint density at radius 3 is 3.07 bits per heavy atom. The first-order chi connectivity index (χ1) is 7.24. The average Bonchev–Trinajstić information content (AvgIpc) is 2.21. The van der Waals surface area contributed by atoms with E-state index >= 15 is 0 Å². The third-order valence-corrected chi connectivity index (χ3v) is 2.46. The minimum atomic E-state index is 0.109. The molecule has 1 saturated heterocycles. The van der Waals surface area contributed by atoms with Gasteiger partial charge in [-0.25, -0.2) is 0 Å². The third kappa shape index (κ3) is 4.15. The normalized spacial score (nSPS) is 19.5. The Bertz CT molecular complexity index is 300. The minimum absolute atomic E-state index is 0.109. The SMILES string of the molecule is C=C(/C=C\C)CCC=C1CCCNC1=O. The van der Waals surface area contributed by atoms with Crippen LogP contribution in [0.1, 0.15) is 32.6 Å². The van der Waals surface area contributed by atoms with Crippen LogP contribution in [0.5, 0.6) is 0 Å². The number of piperidine rings is 1. The molecule has 0 spiro atoms. The van der Waals surface area contributed by atoms with E-state index in [9.17, 15) is 4.79 Å². The number of nitrogens with one attached hydrogen (secondary N) is 1. The van der Waals surface area contributed by atoms with Crippen molar-refractivity contribution in [3.05, 3.63) is 36.0 Å². The van der Waals surface area contributed by atoms with E-state index in [0.29, 0.717) is 0 Å². The molecular weight excluding hydrogens is 186 g/mol. The van der Waals surface area contributed by atoms with Crippen LogP contribution >= 0.6 is 0 Å². The maximum Gasteiger partial charge on any atom is 0.246 e. The molecule has 1 rings (SSSR count). The monoisotopic (exact) mass is 205 g/mol. The fraction of sp³-hybridized carbons (Fsp3) is 0.462. The molecule has 2 nitrogen and oxygen atoms in total. The van der Waals surface area contributed by atoms with Gasteiger partial charge in [0, 0.05) is 12.1 Å². The Morgan fingerprint density at radius 2 is 2.40 bits per heavy atom. The van der Waals surface area contributed by atoms with E-state index < -0.39 is 0 Å². The van der Waals surface area contributed by atoms with Crippen molar-refractivity contribution < 1.29 is 4.79 Å². The van der Waals surface area contributed by atoms with Crippen molar-refractivity contribution in [1.82, 2.24) is 5.32 Å². The average molecular weight is 205 g/mol. The molecular formula is C13H19NO. The van der Waals surface area contributed by atoms with E-state index in [1.54, 1.807) is 0 Å². The first kappa shape index (κ1) is 11.8. The van der Waals surface area contributed by atoms with Gasteiger partial charge in [-0.05, 0) is 32.6 Å². The molecule has 0 aromatic carbocycles. The van der Waals surface area contributed by atoms with Gasteiger partial charge in [0.2, 0.25) is 5.91 Å². The van der Waals surface area contributed by atoms with Crippen LogP contribution in [-0.2, 0) is 4.79 Å². The Hall–Kier alpha value is -1.31. The molecule has 0 bridgehead atoms. The number of carbonyl (C=O) groups is 1. The predicted octanol–water partition coefficient (Wildman–Crippen LogP) is 2.74. The molecule has 0 aliphatic carbocycles. The lowest BCUT2D eigenvalue weighted by Crippen LogP contribution is -2.30. The van der Waals surface area contributed by atoms with Crippen LogP contribution in [0, 0.1) is 0 Å². The molecule has 1 amide bonds. The summed E-state index contributed by atoms with van der Waals surface area (Å²) < 4.78 is 0. The molecule has 0 aromatic heterocycles. The summed E-state index contributed by atoms with van der Waals surface area (Å²) in [6, 6.07) is 0. The Balaban J connectivity index is 2.36. The highest BCUT2D eigenvalue weighted by Crippen LogP contribution is 2.13. The topological polar surface area (TPSA) is 29.1 Å². The molecule has 1 N–H and O–H groups in total. The minimum Gasteiger partial charge on any atom is -0.352 e. The van der Waals surface area contributed by atoms with Crippen LogP contribution < -0.4 is 5.32 Å². The number of carbonyl (C=O) groups excluding carboxylic acids is 1. The van der Waals surface area contributed by atoms with Crippen molar-refractivity contribution in [2.75, 3.05) is 6.54 Å². The molecule has 0 aromatic rings. The van der Waals surface area contributed by atoms with E-state index in [0.717, 1.165) is 43.4 Å². The van der Waals surface area contributed by atoms with Gasteiger partial charge in [0.25, 0.3) is 0 Å². The van der Waals surface area contributed by atoms with Gasteiger partial charge in [0.15, 0.2) is 0 Å². The van der Waals surface area contributed by atoms with E-state index in [1.165, 1.54) is 0 Å². The second-order valence-electron chi connectivity index (χ2n) is 3.79. The van der Waals surface area contributed by atoms with Crippen LogP contribution in [0.4, 0.5) is 0 Å². The smallest absolute Gasteiger partial charge is 0.246 e. The molecule has 1 heterocycles. The van der Waals surface area contributed by atoms with Crippen LogP contribution in [0.25, 0.3) is 0 Å². The summed E-state index contributed by atoms with van der Waals surface area (Å²) >= 11 is 0. The van der Waals surface area contributed by atoms with E-state index in [4.69, 9.17) is 0 Å². The summed E-state index contributed by atoms with van der Waals surface area (Å²) in [7, 11) is 0. The van der Waals surface area contributed by atoms with Gasteiger partial charge < -0.3 is 5.32 Å². The van der Waals surface area contributed by atoms with Gasteiger partial charge in [0.1, 0.15) is 0 Å². The second kappa shape index (κ2) is 6.23. The van der Waals surface area contributed by atoms with Gasteiger partial charge in [-0.1, -0.05) is 30.4 Å². The largest absolute Gasteiger partial charge is 0.352 e. The zero-order valence-electron chi connectivity index (χ0n) is 9.38. The number of hydrogen-bond donors (Lipinski definition) is 1. The summed E-state index contributed by atoms with van der Waals surface area (Å²) in [4.78, 5) is 11.4. The van der Waals surface area contributed by atoms with Crippen molar-refractivity contribution >= 4 is 5.91 Å². The van der Waals surface area contributed by atoms with Gasteiger partial charge in [-0.15, -0.1) is 0 Å². The lowest BCUT2D eigenvalue weighted by molar-refractivity contribution is -0.118. The molecule has 0 radical (unpaired) electrons. The van der Waals surface area contributed by atoms with Gasteiger partial charge in [-0.3, -0.25) is 4.79 Å². The molecule has 1 fully saturated rings. The van der Waals surface area contributed by atoms with Crippen molar-refractivity contribution in [2.24, 2.45) is 0 Å². The maximum absolute atomic E-state index is 11.4. The van der Waals surface area contributed by atoms with E-state index in [2.05, 4.69) is 11.9 Å². The number of amides is 1. The quantitative estimate of drug-likeness (QED) is 0.555. The molecule has 0 unspecified atom stereocenters. The second-order valence-corrected chi connectivity index (χ2v) is 3.79. The lowest BCUT2D eigenvalue weighted by atomic mass is 10.0. The summed E-state index contributed by atoms with van der Waals surface area (Å²) in [6.45, 7) is 6.73. The summed E-state index contributed by atoms with van der Waals surface area (Å²) in [5.41, 5.74) is 2.06. The Kier molecular flexibility index (Phi) is 4.88. The van der Waals surface area contributed by atoms with Crippen LogP contribution in [-0.4, -0.2) is 12.5 Å². The van der Waals surface area contributed by atoms with Crippen LogP contribution in [0.15, 0.2) is 36.0 Å². The van der Waals surface area contributed by atoms with Crippen molar-refractivity contribution in [3.8, 4) is 0 Å². The fourth-order valence-electron chi connectivity index (χ4n) is 1.65. The molecule has 0 saturated carbocycles. The van der Waals surface area contributed by atoms with Gasteiger partial charge in [-0.2, -0.15) is 0 Å². The van der Waals surface area contributed by atoms with Gasteiger partial charge in [0.05, 0.1) is 0 Å². The van der Waals surface area contributed by atoms with Crippen LogP contribution in [0.3, 0.4) is 0 Å². The number of allylic oxidation sites excluding steroid dienone is 4. The van der Waals surface area contributed by atoms with Gasteiger partial charge >= 0.3 is 0 Å². The summed E-state index contributed by atoms with van der Waals surface area (Å²) in [5, 5.41) is 2.85. The zero-order chi connectivity index (χ0) is 11.1. The number of hydrogen-bond acceptors (Lipinski definition) is 1. The summed E-state index contributed by atoms with van der Waals surface area (Å²) in [5.74, 6) is 0.109. The Morgan fingerprint density at radius 1 is 1.60 bits per heavy atom. The van der Waals surface area contributed by atoms with Crippen molar-refractivity contribution in [1.29, 1.82) is 0 Å². The predicted molar refractivity (Wildman–Crippen MR) is 63.5 cm³/mol. The third-order valence-electron chi connectivity index (χ3n) is 2.46. The van der Waals surface area contributed by atoms with E-state index in [1.807, 2.05) is 25.2 Å². The Labute approximate surface area is 91.8 Å². The van der Waals surface area contributed by atoms with E-state index in [-0.39, 0.29) is 5.91 Å².